The molecule has 0 aliphatic carbocycles. The van der Waals surface area contributed by atoms with E-state index in [-0.39, 0.29) is 11.5 Å². The number of unbranched alkanes of at least 4 members (excludes halogenated alkanes) is 1. The van der Waals surface area contributed by atoms with Gasteiger partial charge in [-0.3, -0.25) is 4.79 Å². The summed E-state index contributed by atoms with van der Waals surface area (Å²) in [5.74, 6) is 1.63. The number of hydrogen-bond donors (Lipinski definition) is 0. The van der Waals surface area contributed by atoms with E-state index in [1.807, 2.05) is 45.0 Å². The fourth-order valence-electron chi connectivity index (χ4n) is 3.40. The quantitative estimate of drug-likeness (QED) is 0.415. The Labute approximate surface area is 191 Å². The first kappa shape index (κ1) is 23.1. The minimum absolute atomic E-state index is 0.0463. The van der Waals surface area contributed by atoms with Gasteiger partial charge in [-0.05, 0) is 37.5 Å². The molecule has 0 atom stereocenters. The Hall–Kier alpha value is -2.54. The zero-order valence-corrected chi connectivity index (χ0v) is 20.1. The molecule has 0 radical (unpaired) electrons. The molecule has 3 rings (SSSR count). The van der Waals surface area contributed by atoms with Gasteiger partial charge in [-0.1, -0.05) is 55.3 Å². The van der Waals surface area contributed by atoms with Crippen molar-refractivity contribution in [1.29, 1.82) is 0 Å². The van der Waals surface area contributed by atoms with Crippen LogP contribution in [0.2, 0.25) is 0 Å². The van der Waals surface area contributed by atoms with Crippen molar-refractivity contribution >= 4 is 15.9 Å². The highest BCUT2D eigenvalue weighted by Crippen LogP contribution is 2.20. The lowest BCUT2D eigenvalue weighted by molar-refractivity contribution is 0.337. The number of nitrogens with zero attached hydrogens (tertiary/aromatic N) is 4. The summed E-state index contributed by atoms with van der Waals surface area (Å²) in [6.07, 6.45) is 6.53. The van der Waals surface area contributed by atoms with E-state index < -0.39 is 0 Å². The molecule has 164 valence electrons. The monoisotopic (exact) mass is 484 g/mol. The van der Waals surface area contributed by atoms with Crippen LogP contribution in [0.5, 0.6) is 5.75 Å². The van der Waals surface area contributed by atoms with Crippen molar-refractivity contribution in [3.8, 4) is 11.7 Å². The van der Waals surface area contributed by atoms with Crippen LogP contribution in [-0.2, 0) is 12.8 Å². The summed E-state index contributed by atoms with van der Waals surface area (Å²) in [7, 11) is 0. The smallest absolute Gasteiger partial charge is 0.264 e. The maximum absolute atomic E-state index is 13.8. The van der Waals surface area contributed by atoms with Crippen molar-refractivity contribution in [2.75, 3.05) is 6.61 Å². The predicted molar refractivity (Wildman–Crippen MR) is 126 cm³/mol. The standard InChI is InChI=1S/C24H29BrN4O2/c1-5-7-8-21-20(13-17-9-11-18(25)12-10-17)23(30)29(22(28-21)16(3)4)24-26-14-19(15-27-24)31-6-2/h9-12,14-16H,5-8,13H2,1-4H3. The van der Waals surface area contributed by atoms with Gasteiger partial charge in [-0.25, -0.2) is 19.5 Å². The molecule has 31 heavy (non-hydrogen) atoms. The van der Waals surface area contributed by atoms with Crippen LogP contribution in [-0.4, -0.2) is 26.1 Å². The van der Waals surface area contributed by atoms with E-state index in [9.17, 15) is 4.79 Å². The van der Waals surface area contributed by atoms with Crippen LogP contribution in [0.25, 0.3) is 5.95 Å². The molecular formula is C24H29BrN4O2. The molecule has 2 aromatic heterocycles. The Kier molecular flexibility index (Phi) is 7.96. The second-order valence-corrected chi connectivity index (χ2v) is 8.66. The summed E-state index contributed by atoms with van der Waals surface area (Å²) >= 11 is 3.47. The molecule has 0 N–H and O–H groups in total. The SMILES string of the molecule is CCCCc1nc(C(C)C)n(-c2ncc(OCC)cn2)c(=O)c1Cc1ccc(Br)cc1. The van der Waals surface area contributed by atoms with Gasteiger partial charge in [-0.15, -0.1) is 0 Å². The Morgan fingerprint density at radius 3 is 2.35 bits per heavy atom. The number of ether oxygens (including phenoxy) is 1. The van der Waals surface area contributed by atoms with E-state index in [1.54, 1.807) is 17.0 Å². The van der Waals surface area contributed by atoms with Gasteiger partial charge in [0.15, 0.2) is 5.75 Å². The van der Waals surface area contributed by atoms with Crippen LogP contribution in [0.3, 0.4) is 0 Å². The van der Waals surface area contributed by atoms with Gasteiger partial charge in [0.05, 0.1) is 24.7 Å². The average molecular weight is 485 g/mol. The number of hydrogen-bond acceptors (Lipinski definition) is 5. The first-order chi connectivity index (χ1) is 14.9. The Morgan fingerprint density at radius 1 is 1.10 bits per heavy atom. The summed E-state index contributed by atoms with van der Waals surface area (Å²) in [6, 6.07) is 8.04. The number of benzene rings is 1. The van der Waals surface area contributed by atoms with Crippen LogP contribution in [0.15, 0.2) is 45.9 Å². The number of aryl methyl sites for hydroxylation is 1. The van der Waals surface area contributed by atoms with Gasteiger partial charge in [-0.2, -0.15) is 0 Å². The van der Waals surface area contributed by atoms with Gasteiger partial charge in [0.25, 0.3) is 5.56 Å². The predicted octanol–water partition coefficient (Wildman–Crippen LogP) is 5.24. The molecule has 0 spiro atoms. The zero-order valence-electron chi connectivity index (χ0n) is 18.6. The van der Waals surface area contributed by atoms with Gasteiger partial charge < -0.3 is 4.74 Å². The molecule has 0 fully saturated rings. The molecule has 3 aromatic rings. The summed E-state index contributed by atoms with van der Waals surface area (Å²) in [5, 5.41) is 0. The molecule has 2 heterocycles. The lowest BCUT2D eigenvalue weighted by atomic mass is 10.0. The molecule has 0 aliphatic heterocycles. The summed E-state index contributed by atoms with van der Waals surface area (Å²) in [6.45, 7) is 8.65. The molecular weight excluding hydrogens is 456 g/mol. The number of aromatic nitrogens is 4. The lowest BCUT2D eigenvalue weighted by Crippen LogP contribution is -2.31. The van der Waals surface area contributed by atoms with Crippen LogP contribution < -0.4 is 10.3 Å². The van der Waals surface area contributed by atoms with Crippen LogP contribution in [0.4, 0.5) is 0 Å². The number of halogens is 1. The first-order valence-electron chi connectivity index (χ1n) is 10.8. The number of rotatable bonds is 9. The summed E-state index contributed by atoms with van der Waals surface area (Å²) < 4.78 is 8.02. The van der Waals surface area contributed by atoms with E-state index in [1.165, 1.54) is 0 Å². The lowest BCUT2D eigenvalue weighted by Gasteiger charge is -2.18. The Balaban J connectivity index is 2.16. The van der Waals surface area contributed by atoms with Crippen LogP contribution in [0.1, 0.15) is 69.1 Å². The fraction of sp³-hybridized carbons (Fsp3) is 0.417. The van der Waals surface area contributed by atoms with E-state index >= 15 is 0 Å². The van der Waals surface area contributed by atoms with Crippen molar-refractivity contribution in [3.05, 3.63) is 74.1 Å². The molecule has 0 saturated heterocycles. The van der Waals surface area contributed by atoms with Crippen LogP contribution >= 0.6 is 15.9 Å². The van der Waals surface area contributed by atoms with Crippen molar-refractivity contribution in [1.82, 2.24) is 19.5 Å². The van der Waals surface area contributed by atoms with Crippen molar-refractivity contribution in [2.24, 2.45) is 0 Å². The molecule has 0 unspecified atom stereocenters. The van der Waals surface area contributed by atoms with Crippen molar-refractivity contribution in [3.63, 3.8) is 0 Å². The molecule has 0 amide bonds. The Bertz CT molecular complexity index is 1060. The van der Waals surface area contributed by atoms with Crippen molar-refractivity contribution < 1.29 is 4.74 Å². The van der Waals surface area contributed by atoms with Gasteiger partial charge >= 0.3 is 0 Å². The summed E-state index contributed by atoms with van der Waals surface area (Å²) in [5.41, 5.74) is 2.55. The zero-order chi connectivity index (χ0) is 22.4. The fourth-order valence-corrected chi connectivity index (χ4v) is 3.66. The molecule has 6 nitrogen and oxygen atoms in total. The van der Waals surface area contributed by atoms with E-state index in [0.29, 0.717) is 36.1 Å². The maximum atomic E-state index is 13.8. The molecule has 0 bridgehead atoms. The van der Waals surface area contributed by atoms with Gasteiger partial charge in [0.2, 0.25) is 5.95 Å². The van der Waals surface area contributed by atoms with Gasteiger partial charge in [0.1, 0.15) is 5.82 Å². The molecule has 0 saturated carbocycles. The van der Waals surface area contributed by atoms with E-state index in [2.05, 4.69) is 32.8 Å². The van der Waals surface area contributed by atoms with Crippen molar-refractivity contribution in [2.45, 2.75) is 59.3 Å². The van der Waals surface area contributed by atoms with E-state index in [0.717, 1.165) is 35.0 Å². The minimum atomic E-state index is -0.100. The average Bonchev–Trinajstić information content (AvgIpc) is 2.76. The Morgan fingerprint density at radius 2 is 1.77 bits per heavy atom. The minimum Gasteiger partial charge on any atom is -0.491 e. The van der Waals surface area contributed by atoms with E-state index in [4.69, 9.17) is 9.72 Å². The third-order valence-electron chi connectivity index (χ3n) is 4.99. The van der Waals surface area contributed by atoms with Crippen LogP contribution in [0, 0.1) is 0 Å². The summed E-state index contributed by atoms with van der Waals surface area (Å²) in [4.78, 5) is 27.5. The third kappa shape index (κ3) is 5.58. The topological polar surface area (TPSA) is 69.9 Å². The highest BCUT2D eigenvalue weighted by molar-refractivity contribution is 9.10. The molecule has 1 aromatic carbocycles. The first-order valence-corrected chi connectivity index (χ1v) is 11.6. The second-order valence-electron chi connectivity index (χ2n) is 7.75. The molecule has 7 heteroatoms. The largest absolute Gasteiger partial charge is 0.491 e. The normalized spacial score (nSPS) is 11.2. The maximum Gasteiger partial charge on any atom is 0.264 e. The highest BCUT2D eigenvalue weighted by atomic mass is 79.9. The molecule has 0 aliphatic rings. The second kappa shape index (κ2) is 10.7. The highest BCUT2D eigenvalue weighted by Gasteiger charge is 2.21. The third-order valence-corrected chi connectivity index (χ3v) is 5.52. The van der Waals surface area contributed by atoms with Gasteiger partial charge in [0, 0.05) is 22.4 Å².